The molecule has 0 N–H and O–H groups in total. The molecule has 1 aromatic heterocycles. The Morgan fingerprint density at radius 1 is 0.288 bits per heavy atom. The minimum absolute atomic E-state index is 0.886. The quantitative estimate of drug-likeness (QED) is 0.165. The minimum Gasteiger partial charge on any atom is -0.456 e. The highest BCUT2D eigenvalue weighted by molar-refractivity contribution is 6.12. The molecule has 52 heavy (non-hydrogen) atoms. The van der Waals surface area contributed by atoms with Crippen LogP contribution in [-0.2, 0) is 0 Å². The summed E-state index contributed by atoms with van der Waals surface area (Å²) < 4.78 is 6.22. The topological polar surface area (TPSA) is 16.4 Å². The maximum absolute atomic E-state index is 6.22. The van der Waals surface area contributed by atoms with Gasteiger partial charge in [0.25, 0.3) is 0 Å². The number of furan rings is 1. The molecule has 0 amide bonds. The first-order valence-electron chi connectivity index (χ1n) is 17.8. The molecular weight excluding hydrogens is 631 g/mol. The van der Waals surface area contributed by atoms with E-state index in [4.69, 9.17) is 4.42 Å². The molecule has 0 bridgehead atoms. The van der Waals surface area contributed by atoms with E-state index in [1.165, 1.54) is 54.9 Å². The van der Waals surface area contributed by atoms with Crippen molar-refractivity contribution in [2.75, 3.05) is 4.90 Å². The predicted octanol–water partition coefficient (Wildman–Crippen LogP) is 14.4. The first-order chi connectivity index (χ1) is 25.8. The Morgan fingerprint density at radius 2 is 0.827 bits per heavy atom. The van der Waals surface area contributed by atoms with E-state index < -0.39 is 0 Å². The highest BCUT2D eigenvalue weighted by atomic mass is 16.3. The van der Waals surface area contributed by atoms with Gasteiger partial charge < -0.3 is 9.32 Å². The Morgan fingerprint density at radius 3 is 1.58 bits per heavy atom. The molecule has 9 aromatic carbocycles. The van der Waals surface area contributed by atoms with E-state index in [-0.39, 0.29) is 0 Å². The van der Waals surface area contributed by atoms with Crippen LogP contribution in [0.5, 0.6) is 0 Å². The minimum atomic E-state index is 0.886. The summed E-state index contributed by atoms with van der Waals surface area (Å²) in [7, 11) is 0. The smallest absolute Gasteiger partial charge is 0.135 e. The van der Waals surface area contributed by atoms with Gasteiger partial charge in [-0.05, 0) is 103 Å². The lowest BCUT2D eigenvalue weighted by Gasteiger charge is -2.26. The Labute approximate surface area is 302 Å². The molecule has 0 aliphatic rings. The molecule has 10 aromatic rings. The van der Waals surface area contributed by atoms with Gasteiger partial charge in [-0.3, -0.25) is 0 Å². The molecular formula is C50H33NO. The zero-order valence-corrected chi connectivity index (χ0v) is 28.4. The molecule has 0 fully saturated rings. The average Bonchev–Trinajstić information content (AvgIpc) is 3.60. The van der Waals surface area contributed by atoms with Crippen LogP contribution in [-0.4, -0.2) is 0 Å². The van der Waals surface area contributed by atoms with E-state index in [0.29, 0.717) is 0 Å². The molecule has 2 nitrogen and oxygen atoms in total. The molecule has 0 saturated heterocycles. The fraction of sp³-hybridized carbons (Fsp3) is 0. The number of benzene rings is 9. The van der Waals surface area contributed by atoms with Crippen LogP contribution in [0.25, 0.3) is 76.9 Å². The summed E-state index contributed by atoms with van der Waals surface area (Å²) in [6.07, 6.45) is 0. The fourth-order valence-corrected chi connectivity index (χ4v) is 7.78. The molecule has 1 heterocycles. The summed E-state index contributed by atoms with van der Waals surface area (Å²) in [6.45, 7) is 0. The third-order valence-electron chi connectivity index (χ3n) is 10.3. The van der Waals surface area contributed by atoms with Crippen LogP contribution >= 0.6 is 0 Å². The van der Waals surface area contributed by atoms with Crippen LogP contribution < -0.4 is 4.90 Å². The molecule has 0 aliphatic heterocycles. The highest BCUT2D eigenvalue weighted by Gasteiger charge is 2.17. The van der Waals surface area contributed by atoms with Crippen LogP contribution in [0.15, 0.2) is 205 Å². The van der Waals surface area contributed by atoms with Gasteiger partial charge in [-0.2, -0.15) is 0 Å². The van der Waals surface area contributed by atoms with Gasteiger partial charge in [0, 0.05) is 27.8 Å². The normalized spacial score (nSPS) is 11.5. The van der Waals surface area contributed by atoms with E-state index in [1.54, 1.807) is 0 Å². The van der Waals surface area contributed by atoms with Crippen molar-refractivity contribution in [2.45, 2.75) is 0 Å². The largest absolute Gasteiger partial charge is 0.456 e. The van der Waals surface area contributed by atoms with Gasteiger partial charge >= 0.3 is 0 Å². The zero-order chi connectivity index (χ0) is 34.4. The summed E-state index contributed by atoms with van der Waals surface area (Å²) in [5, 5.41) is 7.29. The molecule has 0 radical (unpaired) electrons. The van der Waals surface area contributed by atoms with Crippen molar-refractivity contribution >= 4 is 60.5 Å². The van der Waals surface area contributed by atoms with E-state index in [0.717, 1.165) is 39.0 Å². The summed E-state index contributed by atoms with van der Waals surface area (Å²) in [5.41, 5.74) is 12.3. The van der Waals surface area contributed by atoms with Gasteiger partial charge in [-0.15, -0.1) is 0 Å². The van der Waals surface area contributed by atoms with Crippen molar-refractivity contribution in [3.8, 4) is 33.4 Å². The van der Waals surface area contributed by atoms with Crippen molar-refractivity contribution < 1.29 is 4.42 Å². The van der Waals surface area contributed by atoms with Crippen molar-refractivity contribution in [1.82, 2.24) is 0 Å². The Balaban J connectivity index is 1.09. The maximum Gasteiger partial charge on any atom is 0.135 e. The van der Waals surface area contributed by atoms with Gasteiger partial charge in [0.05, 0.1) is 0 Å². The standard InChI is InChI=1S/C50H33NO/c1-2-11-34(12-3-1)41-14-6-7-15-42(41)36-21-26-38(27-22-36)51(40-30-32-50-48(33-40)47-17-8-9-20-49(47)52-50)39-28-23-37(24-29-39)44-18-10-19-45-43-16-5-4-13-35(43)25-31-46(44)45/h1-33H. The molecule has 244 valence electrons. The van der Waals surface area contributed by atoms with Crippen molar-refractivity contribution in [2.24, 2.45) is 0 Å². The van der Waals surface area contributed by atoms with Crippen LogP contribution in [0, 0.1) is 0 Å². The number of fused-ring (bicyclic) bond motifs is 6. The first-order valence-corrected chi connectivity index (χ1v) is 17.8. The van der Waals surface area contributed by atoms with Gasteiger partial charge in [0.1, 0.15) is 11.2 Å². The van der Waals surface area contributed by atoms with Crippen LogP contribution in [0.4, 0.5) is 17.1 Å². The van der Waals surface area contributed by atoms with E-state index in [9.17, 15) is 0 Å². The summed E-state index contributed by atoms with van der Waals surface area (Å²) in [5.74, 6) is 0. The Bertz CT molecular complexity index is 2890. The lowest BCUT2D eigenvalue weighted by Crippen LogP contribution is -2.09. The second-order valence-corrected chi connectivity index (χ2v) is 13.3. The summed E-state index contributed by atoms with van der Waals surface area (Å²) in [4.78, 5) is 2.34. The number of hydrogen-bond acceptors (Lipinski definition) is 2. The van der Waals surface area contributed by atoms with E-state index in [2.05, 4.69) is 193 Å². The number of hydrogen-bond donors (Lipinski definition) is 0. The monoisotopic (exact) mass is 663 g/mol. The molecule has 0 spiro atoms. The van der Waals surface area contributed by atoms with Gasteiger partial charge in [-0.25, -0.2) is 0 Å². The summed E-state index contributed by atoms with van der Waals surface area (Å²) in [6, 6.07) is 71.7. The second-order valence-electron chi connectivity index (χ2n) is 13.3. The number of rotatable bonds is 6. The van der Waals surface area contributed by atoms with Gasteiger partial charge in [-0.1, -0.05) is 152 Å². The first kappa shape index (κ1) is 30.0. The molecule has 10 rings (SSSR count). The van der Waals surface area contributed by atoms with Crippen LogP contribution in [0.3, 0.4) is 0 Å². The molecule has 0 unspecified atom stereocenters. The van der Waals surface area contributed by atoms with Crippen molar-refractivity contribution in [3.05, 3.63) is 200 Å². The molecule has 0 aliphatic carbocycles. The molecule has 2 heteroatoms. The van der Waals surface area contributed by atoms with E-state index >= 15 is 0 Å². The second kappa shape index (κ2) is 12.5. The van der Waals surface area contributed by atoms with Gasteiger partial charge in [0.15, 0.2) is 0 Å². The molecule has 0 saturated carbocycles. The zero-order valence-electron chi connectivity index (χ0n) is 28.4. The van der Waals surface area contributed by atoms with Crippen LogP contribution in [0.1, 0.15) is 0 Å². The summed E-state index contributed by atoms with van der Waals surface area (Å²) >= 11 is 0. The molecule has 0 atom stereocenters. The third kappa shape index (κ3) is 5.12. The fourth-order valence-electron chi connectivity index (χ4n) is 7.78. The number of anilines is 3. The highest BCUT2D eigenvalue weighted by Crippen LogP contribution is 2.41. The SMILES string of the molecule is c1ccc(-c2ccccc2-c2ccc(N(c3ccc(-c4cccc5c4ccc4ccccc45)cc3)c3ccc4oc5ccccc5c4c3)cc2)cc1. The lowest BCUT2D eigenvalue weighted by molar-refractivity contribution is 0.669. The maximum atomic E-state index is 6.22. The predicted molar refractivity (Wildman–Crippen MR) is 220 cm³/mol. The van der Waals surface area contributed by atoms with Crippen molar-refractivity contribution in [1.29, 1.82) is 0 Å². The van der Waals surface area contributed by atoms with Crippen molar-refractivity contribution in [3.63, 3.8) is 0 Å². The Kier molecular flexibility index (Phi) is 7.18. The third-order valence-corrected chi connectivity index (χ3v) is 10.3. The van der Waals surface area contributed by atoms with E-state index in [1.807, 2.05) is 12.1 Å². The lowest BCUT2D eigenvalue weighted by atomic mass is 9.94. The van der Waals surface area contributed by atoms with Gasteiger partial charge in [0.2, 0.25) is 0 Å². The average molecular weight is 664 g/mol. The number of nitrogens with zero attached hydrogens (tertiary/aromatic N) is 1. The number of para-hydroxylation sites is 1. The van der Waals surface area contributed by atoms with Crippen LogP contribution in [0.2, 0.25) is 0 Å². The Hall–Kier alpha value is -6.90.